The van der Waals surface area contributed by atoms with Gasteiger partial charge >= 0.3 is 0 Å². The molecule has 2 nitrogen and oxygen atoms in total. The zero-order valence-corrected chi connectivity index (χ0v) is 41.4. The maximum Gasteiger partial charge on any atom is 0.0543 e. The Morgan fingerprint density at radius 1 is 0.343 bits per heavy atom. The number of fused-ring (bicyclic) bond motifs is 6. The number of benzene rings is 10. The minimum Gasteiger partial charge on any atom is -0.334 e. The fraction of sp³-hybridized carbons (Fsp3) is 0.235. The molecule has 4 atom stereocenters. The van der Waals surface area contributed by atoms with Gasteiger partial charge in [-0.25, -0.2) is 0 Å². The Morgan fingerprint density at radius 3 is 1.03 bits per heavy atom. The van der Waals surface area contributed by atoms with Crippen LogP contribution in [0.1, 0.15) is 90.2 Å². The van der Waals surface area contributed by atoms with Crippen molar-refractivity contribution in [1.29, 1.82) is 0 Å². The van der Waals surface area contributed by atoms with Gasteiger partial charge in [-0.1, -0.05) is 161 Å². The smallest absolute Gasteiger partial charge is 0.0543 e. The standard InChI is InChI=1S/C68H60N2/c1-65(2)37-35-59-57-39-45(27-33-61(57)69(67(59,65)5)47-23-15-9-16-24-47)55-41-53(43-19-11-7-12-20-43)49-30-32-52-56(42-54(44-21-13-8-14-22-44)50-29-31-51(55)63(49)64(50)52)46-28-34-62-58(40-46)60-36-38-66(3,4)68(60,6)70(62)48-25-17-10-18-26-48/h7-34,39-42,59-60H,35-38H2,1-6H3. The molecule has 2 saturated carbocycles. The fourth-order valence-corrected chi connectivity index (χ4v) is 14.9. The van der Waals surface area contributed by atoms with Gasteiger partial charge in [0, 0.05) is 34.6 Å². The second kappa shape index (κ2) is 14.7. The van der Waals surface area contributed by atoms with Crippen molar-refractivity contribution in [3.8, 4) is 44.5 Å². The highest BCUT2D eigenvalue weighted by Gasteiger charge is 2.62. The third-order valence-corrected chi connectivity index (χ3v) is 19.1. The van der Waals surface area contributed by atoms with Crippen molar-refractivity contribution in [3.05, 3.63) is 205 Å². The third-order valence-electron chi connectivity index (χ3n) is 19.1. The minimum absolute atomic E-state index is 0.0403. The fourth-order valence-electron chi connectivity index (χ4n) is 14.9. The van der Waals surface area contributed by atoms with E-state index >= 15 is 0 Å². The summed E-state index contributed by atoms with van der Waals surface area (Å²) in [5.41, 5.74) is 18.7. The summed E-state index contributed by atoms with van der Waals surface area (Å²) in [5.74, 6) is 0.865. The molecule has 10 aromatic carbocycles. The molecule has 4 aliphatic rings. The first-order valence-electron chi connectivity index (χ1n) is 25.9. The zero-order valence-electron chi connectivity index (χ0n) is 41.4. The highest BCUT2D eigenvalue weighted by Crippen LogP contribution is 2.67. The largest absolute Gasteiger partial charge is 0.334 e. The van der Waals surface area contributed by atoms with E-state index in [9.17, 15) is 0 Å². The summed E-state index contributed by atoms with van der Waals surface area (Å²) in [4.78, 5) is 5.39. The van der Waals surface area contributed by atoms with Gasteiger partial charge in [0.2, 0.25) is 0 Å². The van der Waals surface area contributed by atoms with Crippen LogP contribution in [0.15, 0.2) is 194 Å². The number of para-hydroxylation sites is 2. The Kier molecular flexibility index (Phi) is 8.77. The summed E-state index contributed by atoms with van der Waals surface area (Å²) >= 11 is 0. The first-order valence-corrected chi connectivity index (χ1v) is 25.9. The number of rotatable bonds is 6. The summed E-state index contributed by atoms with van der Waals surface area (Å²) in [6, 6.07) is 74.3. The Labute approximate surface area is 413 Å². The molecule has 0 amide bonds. The van der Waals surface area contributed by atoms with Crippen molar-refractivity contribution in [1.82, 2.24) is 0 Å². The molecule has 2 aliphatic carbocycles. The molecule has 0 bridgehead atoms. The predicted octanol–water partition coefficient (Wildman–Crippen LogP) is 18.9. The Hall–Kier alpha value is -7.16. The van der Waals surface area contributed by atoms with Crippen LogP contribution in [0.3, 0.4) is 0 Å². The predicted molar refractivity (Wildman–Crippen MR) is 297 cm³/mol. The molecular weight excluding hydrogens is 845 g/mol. The van der Waals surface area contributed by atoms with Crippen LogP contribution >= 0.6 is 0 Å². The quantitative estimate of drug-likeness (QED) is 0.153. The number of hydrogen-bond donors (Lipinski definition) is 0. The van der Waals surface area contributed by atoms with E-state index in [1.165, 1.54) is 136 Å². The van der Waals surface area contributed by atoms with Crippen molar-refractivity contribution in [2.45, 2.75) is 90.1 Å². The Balaban J connectivity index is 1.03. The van der Waals surface area contributed by atoms with Crippen molar-refractivity contribution in [2.75, 3.05) is 9.80 Å². The van der Waals surface area contributed by atoms with Crippen molar-refractivity contribution in [2.24, 2.45) is 10.8 Å². The third kappa shape index (κ3) is 5.51. The molecule has 70 heavy (non-hydrogen) atoms. The number of nitrogens with zero attached hydrogens (tertiary/aromatic N) is 2. The van der Waals surface area contributed by atoms with Gasteiger partial charge in [0.05, 0.1) is 11.1 Å². The maximum absolute atomic E-state index is 2.70. The van der Waals surface area contributed by atoms with Gasteiger partial charge in [-0.15, -0.1) is 0 Å². The number of anilines is 4. The first-order chi connectivity index (χ1) is 34.0. The topological polar surface area (TPSA) is 6.48 Å². The van der Waals surface area contributed by atoms with Gasteiger partial charge in [0.25, 0.3) is 0 Å². The van der Waals surface area contributed by atoms with E-state index < -0.39 is 0 Å². The lowest BCUT2D eigenvalue weighted by Gasteiger charge is -2.47. The van der Waals surface area contributed by atoms with Crippen LogP contribution in [0.5, 0.6) is 0 Å². The van der Waals surface area contributed by atoms with Crippen molar-refractivity contribution < 1.29 is 0 Å². The van der Waals surface area contributed by atoms with Crippen LogP contribution in [-0.4, -0.2) is 11.1 Å². The van der Waals surface area contributed by atoms with Gasteiger partial charge in [-0.3, -0.25) is 0 Å². The molecule has 10 aromatic rings. The van der Waals surface area contributed by atoms with Gasteiger partial charge in [0.1, 0.15) is 0 Å². The normalized spacial score (nSPS) is 22.8. The van der Waals surface area contributed by atoms with E-state index in [0.29, 0.717) is 11.8 Å². The van der Waals surface area contributed by atoms with Crippen LogP contribution in [0.25, 0.3) is 76.8 Å². The van der Waals surface area contributed by atoms with Crippen LogP contribution in [0, 0.1) is 10.8 Å². The Bertz CT molecular complexity index is 3460. The lowest BCUT2D eigenvalue weighted by molar-refractivity contribution is 0.222. The van der Waals surface area contributed by atoms with E-state index in [0.717, 1.165) is 0 Å². The molecule has 0 radical (unpaired) electrons. The summed E-state index contributed by atoms with van der Waals surface area (Å²) in [6.45, 7) is 15.1. The molecule has 2 heteroatoms. The zero-order chi connectivity index (χ0) is 47.3. The molecule has 0 aromatic heterocycles. The van der Waals surface area contributed by atoms with Gasteiger partial charge < -0.3 is 9.80 Å². The lowest BCUT2D eigenvalue weighted by atomic mass is 9.72. The molecule has 2 heterocycles. The molecule has 14 rings (SSSR count). The van der Waals surface area contributed by atoms with Crippen LogP contribution in [0.4, 0.5) is 22.7 Å². The molecule has 0 spiro atoms. The van der Waals surface area contributed by atoms with E-state index in [2.05, 4.69) is 245 Å². The monoisotopic (exact) mass is 904 g/mol. The summed E-state index contributed by atoms with van der Waals surface area (Å²) < 4.78 is 0. The van der Waals surface area contributed by atoms with Crippen molar-refractivity contribution >= 4 is 55.1 Å². The van der Waals surface area contributed by atoms with E-state index in [1.807, 2.05) is 0 Å². The molecule has 2 aliphatic heterocycles. The summed E-state index contributed by atoms with van der Waals surface area (Å²) in [6.07, 6.45) is 4.79. The average molecular weight is 905 g/mol. The number of hydrogen-bond acceptors (Lipinski definition) is 2. The van der Waals surface area contributed by atoms with Crippen LogP contribution < -0.4 is 9.80 Å². The highest BCUT2D eigenvalue weighted by molar-refractivity contribution is 6.32. The van der Waals surface area contributed by atoms with Gasteiger partial charge in [0.15, 0.2) is 0 Å². The summed E-state index contributed by atoms with van der Waals surface area (Å²) in [7, 11) is 0. The molecule has 4 unspecified atom stereocenters. The second-order valence-corrected chi connectivity index (χ2v) is 22.9. The molecule has 342 valence electrons. The lowest BCUT2D eigenvalue weighted by Crippen LogP contribution is -2.50. The SMILES string of the molecule is CC1(C)CCC2c3cc(-c4cc(-c5ccccc5)c5ccc6c(-c7ccc8c(c7)C7CCC(C)(C)C7(C)N8c7ccccc7)cc(-c7ccccc7)c7ccc4c5c76)ccc3N(c3ccccc3)C21C. The van der Waals surface area contributed by atoms with Gasteiger partial charge in [-0.2, -0.15) is 0 Å². The van der Waals surface area contributed by atoms with Gasteiger partial charge in [-0.05, 0) is 199 Å². The molecule has 2 fully saturated rings. The first kappa shape index (κ1) is 41.8. The highest BCUT2D eigenvalue weighted by atomic mass is 15.3. The second-order valence-electron chi connectivity index (χ2n) is 22.9. The molecule has 0 saturated heterocycles. The van der Waals surface area contributed by atoms with Crippen LogP contribution in [-0.2, 0) is 0 Å². The summed E-state index contributed by atoms with van der Waals surface area (Å²) in [5, 5.41) is 7.94. The van der Waals surface area contributed by atoms with Crippen molar-refractivity contribution in [3.63, 3.8) is 0 Å². The molecular formula is C68H60N2. The average Bonchev–Trinajstić information content (AvgIpc) is 4.00. The van der Waals surface area contributed by atoms with E-state index in [1.54, 1.807) is 0 Å². The minimum atomic E-state index is -0.0403. The Morgan fingerprint density at radius 2 is 0.671 bits per heavy atom. The van der Waals surface area contributed by atoms with Crippen LogP contribution in [0.2, 0.25) is 0 Å². The maximum atomic E-state index is 2.70. The molecule has 0 N–H and O–H groups in total. The van der Waals surface area contributed by atoms with E-state index in [4.69, 9.17) is 0 Å². The van der Waals surface area contributed by atoms with E-state index in [-0.39, 0.29) is 21.9 Å².